The number of likely N-dealkylation sites (tertiary alicyclic amines) is 1. The van der Waals surface area contributed by atoms with Crippen molar-refractivity contribution < 1.29 is 9.53 Å². The molecule has 0 bridgehead atoms. The topological polar surface area (TPSA) is 59.4 Å². The van der Waals surface area contributed by atoms with Crippen LogP contribution in [-0.2, 0) is 11.8 Å². The van der Waals surface area contributed by atoms with Gasteiger partial charge in [-0.2, -0.15) is 5.10 Å². The lowest BCUT2D eigenvalue weighted by Crippen LogP contribution is -2.33. The van der Waals surface area contributed by atoms with Gasteiger partial charge in [0.05, 0.1) is 19.3 Å². The highest BCUT2D eigenvalue weighted by molar-refractivity contribution is 5.91. The van der Waals surface area contributed by atoms with Crippen LogP contribution in [0, 0.1) is 6.92 Å². The summed E-state index contributed by atoms with van der Waals surface area (Å²) in [7, 11) is 3.51. The zero-order valence-electron chi connectivity index (χ0n) is 14.5. The summed E-state index contributed by atoms with van der Waals surface area (Å²) in [6.45, 7) is 3.22. The number of carbonyl (C=O) groups excluding carboxylic acids is 1. The Kier molecular flexibility index (Phi) is 4.85. The molecule has 6 nitrogen and oxygen atoms in total. The summed E-state index contributed by atoms with van der Waals surface area (Å²) in [5.74, 6) is 1.58. The quantitative estimate of drug-likeness (QED) is 0.916. The Morgan fingerprint density at radius 3 is 2.96 bits per heavy atom. The number of ether oxygens (including phenoxy) is 1. The maximum Gasteiger partial charge on any atom is 0.239 e. The monoisotopic (exact) mass is 328 g/mol. The molecule has 128 valence electrons. The van der Waals surface area contributed by atoms with Crippen molar-refractivity contribution in [3.8, 4) is 5.75 Å². The van der Waals surface area contributed by atoms with Crippen LogP contribution in [0.4, 0.5) is 5.82 Å². The Hall–Kier alpha value is -2.34. The molecule has 2 aromatic rings. The smallest absolute Gasteiger partial charge is 0.239 e. The summed E-state index contributed by atoms with van der Waals surface area (Å²) in [4.78, 5) is 14.6. The van der Waals surface area contributed by atoms with Gasteiger partial charge >= 0.3 is 0 Å². The van der Waals surface area contributed by atoms with E-state index in [2.05, 4.69) is 27.4 Å². The molecule has 1 aromatic heterocycles. The third-order valence-corrected chi connectivity index (χ3v) is 4.46. The van der Waals surface area contributed by atoms with Crippen LogP contribution >= 0.6 is 0 Å². The second-order valence-electron chi connectivity index (χ2n) is 6.25. The minimum atomic E-state index is -0.00667. The minimum absolute atomic E-state index is 0.00667. The van der Waals surface area contributed by atoms with Crippen molar-refractivity contribution in [3.63, 3.8) is 0 Å². The van der Waals surface area contributed by atoms with Crippen LogP contribution in [0.15, 0.2) is 30.3 Å². The summed E-state index contributed by atoms with van der Waals surface area (Å²) < 4.78 is 7.01. The average molecular weight is 328 g/mol. The van der Waals surface area contributed by atoms with E-state index in [0.717, 1.165) is 36.6 Å². The van der Waals surface area contributed by atoms with E-state index in [4.69, 9.17) is 4.74 Å². The second kappa shape index (κ2) is 7.05. The number of hydrogen-bond donors (Lipinski definition) is 1. The summed E-state index contributed by atoms with van der Waals surface area (Å²) >= 11 is 0. The highest BCUT2D eigenvalue weighted by atomic mass is 16.5. The number of hydrogen-bond acceptors (Lipinski definition) is 4. The molecule has 24 heavy (non-hydrogen) atoms. The first-order chi connectivity index (χ1) is 11.6. The summed E-state index contributed by atoms with van der Waals surface area (Å²) in [5, 5.41) is 7.20. The van der Waals surface area contributed by atoms with E-state index in [1.54, 1.807) is 11.8 Å². The molecule has 2 heterocycles. The zero-order chi connectivity index (χ0) is 17.1. The Balaban J connectivity index is 1.67. The second-order valence-corrected chi connectivity index (χ2v) is 6.25. The van der Waals surface area contributed by atoms with Gasteiger partial charge in [-0.05, 0) is 44.0 Å². The van der Waals surface area contributed by atoms with Crippen LogP contribution < -0.4 is 10.1 Å². The van der Waals surface area contributed by atoms with Crippen molar-refractivity contribution in [2.24, 2.45) is 7.05 Å². The first-order valence-electron chi connectivity index (χ1n) is 8.25. The van der Waals surface area contributed by atoms with Crippen LogP contribution in [0.3, 0.4) is 0 Å². The van der Waals surface area contributed by atoms with Crippen LogP contribution in [0.1, 0.15) is 30.1 Å². The Bertz CT molecular complexity index is 726. The number of nitrogens with one attached hydrogen (secondary N) is 1. The molecule has 1 saturated heterocycles. The van der Waals surface area contributed by atoms with E-state index in [-0.39, 0.29) is 11.9 Å². The van der Waals surface area contributed by atoms with Gasteiger partial charge in [0.1, 0.15) is 11.6 Å². The molecule has 1 atom stereocenters. The van der Waals surface area contributed by atoms with Gasteiger partial charge in [-0.1, -0.05) is 12.1 Å². The number of anilines is 1. The number of carbonyl (C=O) groups is 1. The predicted octanol–water partition coefficient (Wildman–Crippen LogP) is 2.51. The van der Waals surface area contributed by atoms with E-state index in [1.807, 2.05) is 32.2 Å². The fourth-order valence-corrected chi connectivity index (χ4v) is 3.34. The molecule has 1 fully saturated rings. The van der Waals surface area contributed by atoms with Crippen LogP contribution in [0.2, 0.25) is 0 Å². The molecule has 1 N–H and O–H groups in total. The SMILES string of the molecule is COc1cccc(C2CCCN2CC(=O)Nc2cc(C)nn2C)c1. The number of methoxy groups -OCH3 is 1. The first-order valence-corrected chi connectivity index (χ1v) is 8.25. The molecule has 0 radical (unpaired) electrons. The van der Waals surface area contributed by atoms with E-state index in [0.29, 0.717) is 6.54 Å². The Labute approximate surface area is 142 Å². The highest BCUT2D eigenvalue weighted by Gasteiger charge is 2.28. The van der Waals surface area contributed by atoms with Gasteiger partial charge in [-0.15, -0.1) is 0 Å². The molecule has 1 aliphatic rings. The largest absolute Gasteiger partial charge is 0.497 e. The molecule has 1 aromatic carbocycles. The third-order valence-electron chi connectivity index (χ3n) is 4.46. The van der Waals surface area contributed by atoms with Crippen molar-refractivity contribution in [3.05, 3.63) is 41.6 Å². The highest BCUT2D eigenvalue weighted by Crippen LogP contribution is 2.33. The lowest BCUT2D eigenvalue weighted by Gasteiger charge is -2.24. The van der Waals surface area contributed by atoms with Crippen molar-refractivity contribution in [2.75, 3.05) is 25.5 Å². The summed E-state index contributed by atoms with van der Waals surface area (Å²) in [5.41, 5.74) is 2.10. The van der Waals surface area contributed by atoms with E-state index in [1.165, 1.54) is 5.56 Å². The molecule has 0 saturated carbocycles. The van der Waals surface area contributed by atoms with Gasteiger partial charge in [0.2, 0.25) is 5.91 Å². The van der Waals surface area contributed by atoms with Crippen LogP contribution in [-0.4, -0.2) is 40.8 Å². The molecular weight excluding hydrogens is 304 g/mol. The molecule has 0 spiro atoms. The number of amides is 1. The Morgan fingerprint density at radius 2 is 2.25 bits per heavy atom. The summed E-state index contributed by atoms with van der Waals surface area (Å²) in [6.07, 6.45) is 2.16. The maximum absolute atomic E-state index is 12.4. The maximum atomic E-state index is 12.4. The van der Waals surface area contributed by atoms with Gasteiger partial charge in [0.25, 0.3) is 0 Å². The lowest BCUT2D eigenvalue weighted by molar-refractivity contribution is -0.117. The third kappa shape index (κ3) is 3.59. The standard InChI is InChI=1S/C18H24N4O2/c1-13-10-17(21(2)20-13)19-18(23)12-22-9-5-8-16(22)14-6-4-7-15(11-14)24-3/h4,6-7,10-11,16H,5,8-9,12H2,1-3H3,(H,19,23). The number of rotatable bonds is 5. The van der Waals surface area contributed by atoms with Gasteiger partial charge in [0.15, 0.2) is 0 Å². The van der Waals surface area contributed by atoms with E-state index < -0.39 is 0 Å². The van der Waals surface area contributed by atoms with Crippen LogP contribution in [0.5, 0.6) is 5.75 Å². The molecular formula is C18H24N4O2. The molecule has 0 aliphatic carbocycles. The molecule has 1 aliphatic heterocycles. The van der Waals surface area contributed by atoms with E-state index >= 15 is 0 Å². The van der Waals surface area contributed by atoms with Gasteiger partial charge in [0, 0.05) is 19.2 Å². The molecule has 6 heteroatoms. The molecule has 3 rings (SSSR count). The van der Waals surface area contributed by atoms with Gasteiger partial charge < -0.3 is 10.1 Å². The molecule has 1 unspecified atom stereocenters. The lowest BCUT2D eigenvalue weighted by atomic mass is 10.0. The fraction of sp³-hybridized carbons (Fsp3) is 0.444. The van der Waals surface area contributed by atoms with Crippen molar-refractivity contribution >= 4 is 11.7 Å². The normalized spacial score (nSPS) is 17.9. The number of aryl methyl sites for hydroxylation is 2. The average Bonchev–Trinajstić information content (AvgIpc) is 3.14. The summed E-state index contributed by atoms with van der Waals surface area (Å²) in [6, 6.07) is 10.3. The number of aromatic nitrogens is 2. The first kappa shape index (κ1) is 16.5. The zero-order valence-corrected chi connectivity index (χ0v) is 14.5. The van der Waals surface area contributed by atoms with Crippen molar-refractivity contribution in [2.45, 2.75) is 25.8 Å². The fourth-order valence-electron chi connectivity index (χ4n) is 3.34. The minimum Gasteiger partial charge on any atom is -0.497 e. The van der Waals surface area contributed by atoms with Gasteiger partial charge in [-0.3, -0.25) is 14.4 Å². The number of benzene rings is 1. The van der Waals surface area contributed by atoms with Crippen LogP contribution in [0.25, 0.3) is 0 Å². The van der Waals surface area contributed by atoms with E-state index in [9.17, 15) is 4.79 Å². The number of nitrogens with zero attached hydrogens (tertiary/aromatic N) is 3. The predicted molar refractivity (Wildman–Crippen MR) is 93.1 cm³/mol. The van der Waals surface area contributed by atoms with Crippen molar-refractivity contribution in [1.29, 1.82) is 0 Å². The molecule has 1 amide bonds. The van der Waals surface area contributed by atoms with Gasteiger partial charge in [-0.25, -0.2) is 0 Å². The van der Waals surface area contributed by atoms with Crippen molar-refractivity contribution in [1.82, 2.24) is 14.7 Å². The Morgan fingerprint density at radius 1 is 1.42 bits per heavy atom.